The molecule has 6 nitrogen and oxygen atoms in total. The van der Waals surface area contributed by atoms with Crippen LogP contribution >= 0.6 is 0 Å². The third kappa shape index (κ3) is 2.40. The van der Waals surface area contributed by atoms with E-state index in [9.17, 15) is 4.79 Å². The summed E-state index contributed by atoms with van der Waals surface area (Å²) in [5.41, 5.74) is 3.32. The Morgan fingerprint density at radius 2 is 2.08 bits per heavy atom. The largest absolute Gasteiger partial charge is 0.337 e. The third-order valence-electron chi connectivity index (χ3n) is 4.59. The zero-order chi connectivity index (χ0) is 16.7. The van der Waals surface area contributed by atoms with Crippen molar-refractivity contribution in [2.24, 2.45) is 7.05 Å². The van der Waals surface area contributed by atoms with Crippen molar-refractivity contribution in [3.05, 3.63) is 65.4 Å². The Kier molecular flexibility index (Phi) is 3.45. The predicted octanol–water partition coefficient (Wildman–Crippen LogP) is 2.45. The van der Waals surface area contributed by atoms with Crippen LogP contribution in [0.2, 0.25) is 0 Å². The van der Waals surface area contributed by atoms with Crippen LogP contribution in [0.4, 0.5) is 5.82 Å². The van der Waals surface area contributed by atoms with Crippen molar-refractivity contribution in [1.29, 1.82) is 0 Å². The van der Waals surface area contributed by atoms with E-state index in [1.807, 2.05) is 40.7 Å². The number of rotatable bonds is 3. The van der Waals surface area contributed by atoms with Crippen molar-refractivity contribution in [3.63, 3.8) is 0 Å². The predicted molar refractivity (Wildman–Crippen MR) is 90.8 cm³/mol. The summed E-state index contributed by atoms with van der Waals surface area (Å²) in [6, 6.07) is 10.2. The normalized spacial score (nSPS) is 16.8. The van der Waals surface area contributed by atoms with E-state index in [4.69, 9.17) is 0 Å². The molecule has 0 bridgehead atoms. The van der Waals surface area contributed by atoms with Crippen LogP contribution in [0.1, 0.15) is 35.0 Å². The highest BCUT2D eigenvalue weighted by Crippen LogP contribution is 2.38. The van der Waals surface area contributed by atoms with Gasteiger partial charge in [0.2, 0.25) is 5.91 Å². The topological polar surface area (TPSA) is 64.7 Å². The Balaban J connectivity index is 1.77. The molecule has 0 fully saturated rings. The van der Waals surface area contributed by atoms with Crippen LogP contribution in [-0.4, -0.2) is 25.2 Å². The van der Waals surface area contributed by atoms with E-state index in [0.717, 1.165) is 17.1 Å². The van der Waals surface area contributed by atoms with E-state index in [1.54, 1.807) is 6.20 Å². The summed E-state index contributed by atoms with van der Waals surface area (Å²) in [5, 5.41) is 7.54. The van der Waals surface area contributed by atoms with Crippen molar-refractivity contribution in [3.8, 4) is 0 Å². The number of nitrogens with one attached hydrogen (secondary N) is 1. The Labute approximate surface area is 140 Å². The number of hydrogen-bond acceptors (Lipinski definition) is 3. The molecule has 1 unspecified atom stereocenters. The molecule has 122 valence electrons. The van der Waals surface area contributed by atoms with E-state index in [0.29, 0.717) is 18.8 Å². The summed E-state index contributed by atoms with van der Waals surface area (Å²) < 4.78 is 3.93. The van der Waals surface area contributed by atoms with Crippen LogP contribution in [0.25, 0.3) is 0 Å². The van der Waals surface area contributed by atoms with Crippen molar-refractivity contribution in [2.45, 2.75) is 25.8 Å². The van der Waals surface area contributed by atoms with Gasteiger partial charge in [-0.1, -0.05) is 30.3 Å². The highest BCUT2D eigenvalue weighted by Gasteiger charge is 2.33. The molecule has 24 heavy (non-hydrogen) atoms. The number of hydrogen-bond donors (Lipinski definition) is 1. The maximum Gasteiger partial charge on any atom is 0.226 e. The first kappa shape index (κ1) is 14.7. The zero-order valence-electron chi connectivity index (χ0n) is 13.7. The summed E-state index contributed by atoms with van der Waals surface area (Å²) in [7, 11) is 1.96. The van der Waals surface area contributed by atoms with Gasteiger partial charge in [-0.15, -0.1) is 0 Å². The summed E-state index contributed by atoms with van der Waals surface area (Å²) in [6.45, 7) is 2.74. The van der Waals surface area contributed by atoms with Crippen LogP contribution < -0.4 is 5.32 Å². The van der Waals surface area contributed by atoms with Gasteiger partial charge < -0.3 is 9.88 Å². The molecular weight excluding hydrogens is 302 g/mol. The van der Waals surface area contributed by atoms with Gasteiger partial charge in [0.05, 0.1) is 12.5 Å². The molecule has 0 radical (unpaired) electrons. The number of amides is 1. The fraction of sp³-hybridized carbons (Fsp3) is 0.278. The summed E-state index contributed by atoms with van der Waals surface area (Å²) in [6.07, 6.45) is 4.08. The van der Waals surface area contributed by atoms with Crippen LogP contribution in [0.5, 0.6) is 0 Å². The minimum absolute atomic E-state index is 0.0140. The molecule has 1 N–H and O–H groups in total. The first-order chi connectivity index (χ1) is 11.6. The van der Waals surface area contributed by atoms with Crippen LogP contribution in [0.3, 0.4) is 0 Å². The van der Waals surface area contributed by atoms with Gasteiger partial charge in [-0.3, -0.25) is 9.48 Å². The number of benzene rings is 1. The molecule has 1 aliphatic rings. The monoisotopic (exact) mass is 321 g/mol. The summed E-state index contributed by atoms with van der Waals surface area (Å²) >= 11 is 0. The quantitative estimate of drug-likeness (QED) is 0.806. The molecule has 0 spiro atoms. The third-order valence-corrected chi connectivity index (χ3v) is 4.59. The minimum Gasteiger partial charge on any atom is -0.337 e. The number of fused-ring (bicyclic) bond motifs is 1. The zero-order valence-corrected chi connectivity index (χ0v) is 13.7. The average Bonchev–Trinajstić information content (AvgIpc) is 3.12. The molecule has 3 aromatic rings. The van der Waals surface area contributed by atoms with E-state index in [2.05, 4.69) is 34.5 Å². The second-order valence-corrected chi connectivity index (χ2v) is 6.19. The molecule has 1 aliphatic heterocycles. The Bertz CT molecular complexity index is 894. The minimum atomic E-state index is -0.0572. The molecular formula is C18H19N5O. The molecule has 1 atom stereocenters. The Hall–Kier alpha value is -2.89. The molecule has 3 heterocycles. The maximum atomic E-state index is 12.1. The number of carbonyl (C=O) groups excluding carboxylic acids is 1. The molecule has 6 heteroatoms. The van der Waals surface area contributed by atoms with E-state index < -0.39 is 0 Å². The lowest BCUT2D eigenvalue weighted by Crippen LogP contribution is -2.25. The molecule has 0 aliphatic carbocycles. The van der Waals surface area contributed by atoms with Gasteiger partial charge in [0.1, 0.15) is 5.82 Å². The van der Waals surface area contributed by atoms with Gasteiger partial charge in [-0.2, -0.15) is 5.10 Å². The highest BCUT2D eigenvalue weighted by atomic mass is 16.1. The first-order valence-electron chi connectivity index (χ1n) is 8.02. The van der Waals surface area contributed by atoms with E-state index >= 15 is 0 Å². The van der Waals surface area contributed by atoms with Crippen molar-refractivity contribution < 1.29 is 4.79 Å². The summed E-state index contributed by atoms with van der Waals surface area (Å²) in [4.78, 5) is 16.6. The van der Waals surface area contributed by atoms with Gasteiger partial charge in [-0.05, 0) is 12.5 Å². The van der Waals surface area contributed by atoms with Gasteiger partial charge in [0.25, 0.3) is 0 Å². The van der Waals surface area contributed by atoms with Crippen molar-refractivity contribution >= 4 is 11.7 Å². The number of imidazole rings is 1. The summed E-state index contributed by atoms with van der Waals surface area (Å²) in [5.74, 6) is 1.49. The molecule has 1 aromatic carbocycles. The number of carbonyl (C=O) groups is 1. The van der Waals surface area contributed by atoms with E-state index in [-0.39, 0.29) is 11.8 Å². The number of aromatic nitrogens is 4. The lowest BCUT2D eigenvalue weighted by Gasteiger charge is -2.22. The van der Waals surface area contributed by atoms with E-state index in [1.165, 1.54) is 5.56 Å². The second kappa shape index (κ2) is 5.63. The lowest BCUT2D eigenvalue weighted by molar-refractivity contribution is -0.116. The molecule has 2 aromatic heterocycles. The standard InChI is InChI=1S/C18H19N5O/c1-12-16-14(18-19-8-9-22(18)2)10-15(24)20-17(16)21-23(12)11-13-6-4-3-5-7-13/h3-9,14H,10-11H2,1-2H3,(H,20,21,24). The molecule has 0 saturated carbocycles. The number of aryl methyl sites for hydroxylation is 1. The van der Waals surface area contributed by atoms with Crippen molar-refractivity contribution in [2.75, 3.05) is 5.32 Å². The van der Waals surface area contributed by atoms with Gasteiger partial charge in [0.15, 0.2) is 5.82 Å². The number of anilines is 1. The van der Waals surface area contributed by atoms with Gasteiger partial charge in [-0.25, -0.2) is 4.98 Å². The fourth-order valence-electron chi connectivity index (χ4n) is 3.38. The van der Waals surface area contributed by atoms with Crippen molar-refractivity contribution in [1.82, 2.24) is 19.3 Å². The smallest absolute Gasteiger partial charge is 0.226 e. The number of nitrogens with zero attached hydrogens (tertiary/aromatic N) is 4. The molecule has 4 rings (SSSR count). The average molecular weight is 321 g/mol. The van der Waals surface area contributed by atoms with Crippen LogP contribution in [0, 0.1) is 6.92 Å². The Morgan fingerprint density at radius 1 is 1.29 bits per heavy atom. The molecule has 1 amide bonds. The van der Waals surface area contributed by atoms with Gasteiger partial charge in [0, 0.05) is 37.1 Å². The SMILES string of the molecule is Cc1c2c(nn1Cc1ccccc1)NC(=O)CC2c1nccn1C. The first-order valence-corrected chi connectivity index (χ1v) is 8.02. The van der Waals surface area contributed by atoms with Crippen LogP contribution in [-0.2, 0) is 18.4 Å². The highest BCUT2D eigenvalue weighted by molar-refractivity contribution is 5.94. The fourth-order valence-corrected chi connectivity index (χ4v) is 3.38. The maximum absolute atomic E-state index is 12.1. The van der Waals surface area contributed by atoms with Gasteiger partial charge >= 0.3 is 0 Å². The Morgan fingerprint density at radius 3 is 2.79 bits per heavy atom. The lowest BCUT2D eigenvalue weighted by atomic mass is 9.91. The second-order valence-electron chi connectivity index (χ2n) is 6.19. The van der Waals surface area contributed by atoms with Crippen LogP contribution in [0.15, 0.2) is 42.7 Å². The molecule has 0 saturated heterocycles.